The van der Waals surface area contributed by atoms with E-state index in [2.05, 4.69) is 29.6 Å². The van der Waals surface area contributed by atoms with Gasteiger partial charge in [-0.05, 0) is 31.4 Å². The zero-order valence-electron chi connectivity index (χ0n) is 19.4. The average Bonchev–Trinajstić information content (AvgIpc) is 3.43. The molecule has 4 rings (SSSR count). The molecule has 34 heavy (non-hydrogen) atoms. The number of carbonyl (C=O) groups excluding carboxylic acids is 3. The van der Waals surface area contributed by atoms with Crippen molar-refractivity contribution in [2.24, 2.45) is 5.92 Å². The average molecular weight is 477 g/mol. The molecule has 0 aliphatic carbocycles. The van der Waals surface area contributed by atoms with Gasteiger partial charge >= 0.3 is 5.97 Å². The predicted octanol–water partition coefficient (Wildman–Crippen LogP) is 4.93. The van der Waals surface area contributed by atoms with Crippen molar-refractivity contribution in [2.75, 3.05) is 25.0 Å². The number of likely N-dealkylation sites (tertiary alicyclic amines) is 1. The number of carbonyl (C=O) groups is 3. The summed E-state index contributed by atoms with van der Waals surface area (Å²) in [6.07, 6.45) is 0.921. The third kappa shape index (κ3) is 5.37. The molecular formula is C27H28N2O4S. The molecule has 1 unspecified atom stereocenters. The number of anilines is 1. The molecule has 0 spiro atoms. The normalized spacial score (nSPS) is 15.4. The lowest BCUT2D eigenvalue weighted by molar-refractivity contribution is -0.128. The number of hydrogen-bond acceptors (Lipinski definition) is 5. The van der Waals surface area contributed by atoms with Crippen LogP contribution in [0, 0.1) is 12.8 Å². The van der Waals surface area contributed by atoms with Crippen molar-refractivity contribution in [3.63, 3.8) is 0 Å². The highest BCUT2D eigenvalue weighted by molar-refractivity contribution is 7.15. The number of nitrogens with one attached hydrogen (secondary N) is 1. The summed E-state index contributed by atoms with van der Waals surface area (Å²) in [7, 11) is 0. The number of thiophene rings is 1. The Morgan fingerprint density at radius 2 is 1.85 bits per heavy atom. The van der Waals surface area contributed by atoms with Crippen LogP contribution in [0.1, 0.15) is 34.8 Å². The molecule has 176 valence electrons. The molecule has 1 fully saturated rings. The van der Waals surface area contributed by atoms with Crippen LogP contribution in [0.3, 0.4) is 0 Å². The molecule has 2 amide bonds. The summed E-state index contributed by atoms with van der Waals surface area (Å²) < 4.78 is 5.27. The number of aryl methyl sites for hydroxylation is 1. The van der Waals surface area contributed by atoms with Crippen molar-refractivity contribution < 1.29 is 19.1 Å². The first kappa shape index (κ1) is 23.7. The Balaban J connectivity index is 1.45. The molecular weight excluding hydrogens is 448 g/mol. The highest BCUT2D eigenvalue weighted by atomic mass is 32.1. The van der Waals surface area contributed by atoms with Crippen LogP contribution >= 0.6 is 11.3 Å². The number of nitrogens with zero attached hydrogens (tertiary/aromatic N) is 1. The first-order valence-electron chi connectivity index (χ1n) is 11.4. The van der Waals surface area contributed by atoms with Crippen molar-refractivity contribution >= 4 is 34.1 Å². The Morgan fingerprint density at radius 1 is 1.12 bits per heavy atom. The number of hydrogen-bond donors (Lipinski definition) is 1. The Morgan fingerprint density at radius 3 is 2.56 bits per heavy atom. The zero-order valence-corrected chi connectivity index (χ0v) is 20.2. The molecule has 2 heterocycles. The molecule has 1 aromatic heterocycles. The topological polar surface area (TPSA) is 75.7 Å². The van der Waals surface area contributed by atoms with Gasteiger partial charge in [-0.3, -0.25) is 9.59 Å². The fourth-order valence-electron chi connectivity index (χ4n) is 4.08. The molecule has 0 saturated carbocycles. The Labute approximate surface area is 203 Å². The van der Waals surface area contributed by atoms with Gasteiger partial charge in [0.15, 0.2) is 0 Å². The van der Waals surface area contributed by atoms with Gasteiger partial charge in [-0.2, -0.15) is 0 Å². The van der Waals surface area contributed by atoms with E-state index in [-0.39, 0.29) is 24.8 Å². The minimum Gasteiger partial charge on any atom is -0.462 e. The van der Waals surface area contributed by atoms with Gasteiger partial charge in [-0.25, -0.2) is 4.79 Å². The Bertz CT molecular complexity index is 1170. The van der Waals surface area contributed by atoms with Gasteiger partial charge in [-0.1, -0.05) is 60.2 Å². The number of amides is 2. The van der Waals surface area contributed by atoms with Crippen LogP contribution in [0.2, 0.25) is 0 Å². The first-order chi connectivity index (χ1) is 16.5. The molecule has 7 heteroatoms. The Kier molecular flexibility index (Phi) is 7.43. The molecule has 1 aliphatic heterocycles. The first-order valence-corrected chi connectivity index (χ1v) is 12.3. The molecule has 1 saturated heterocycles. The number of esters is 1. The van der Waals surface area contributed by atoms with Gasteiger partial charge in [0.1, 0.15) is 10.6 Å². The van der Waals surface area contributed by atoms with E-state index in [1.54, 1.807) is 11.8 Å². The third-order valence-electron chi connectivity index (χ3n) is 5.97. The second-order valence-corrected chi connectivity index (χ2v) is 9.29. The minimum absolute atomic E-state index is 0.0194. The SMILES string of the molecule is CCOC(=O)c1c(-c2ccccc2)csc1NC(=O)C1CC(=O)N(CCc2ccc(C)cc2)C1. The summed E-state index contributed by atoms with van der Waals surface area (Å²) >= 11 is 1.29. The van der Waals surface area contributed by atoms with Crippen LogP contribution in [0.5, 0.6) is 0 Å². The van der Waals surface area contributed by atoms with Gasteiger partial charge in [0, 0.05) is 30.5 Å². The highest BCUT2D eigenvalue weighted by Gasteiger charge is 2.35. The minimum atomic E-state index is -0.472. The van der Waals surface area contributed by atoms with Crippen LogP contribution in [-0.2, 0) is 20.7 Å². The summed E-state index contributed by atoms with van der Waals surface area (Å²) in [6.45, 7) is 4.99. The standard InChI is InChI=1S/C27H28N2O4S/c1-3-33-27(32)24-22(20-7-5-4-6-8-20)17-34-26(24)28-25(31)21-15-23(30)29(16-21)14-13-19-11-9-18(2)10-12-19/h4-12,17,21H,3,13-16H2,1-2H3,(H,28,31). The smallest absolute Gasteiger partial charge is 0.341 e. The fraction of sp³-hybridized carbons (Fsp3) is 0.296. The maximum Gasteiger partial charge on any atom is 0.341 e. The lowest BCUT2D eigenvalue weighted by atomic mass is 10.0. The molecule has 1 aliphatic rings. The van der Waals surface area contributed by atoms with Gasteiger partial charge in [0.25, 0.3) is 0 Å². The highest BCUT2D eigenvalue weighted by Crippen LogP contribution is 2.36. The second-order valence-electron chi connectivity index (χ2n) is 8.41. The summed E-state index contributed by atoms with van der Waals surface area (Å²) in [6, 6.07) is 17.8. The molecule has 6 nitrogen and oxygen atoms in total. The molecule has 1 atom stereocenters. The fourth-order valence-corrected chi connectivity index (χ4v) is 5.04. The molecule has 0 radical (unpaired) electrons. The van der Waals surface area contributed by atoms with Crippen LogP contribution in [0.15, 0.2) is 60.0 Å². The van der Waals surface area contributed by atoms with Crippen LogP contribution in [0.4, 0.5) is 5.00 Å². The lowest BCUT2D eigenvalue weighted by Crippen LogP contribution is -2.30. The molecule has 1 N–H and O–H groups in total. The predicted molar refractivity (Wildman–Crippen MR) is 134 cm³/mol. The van der Waals surface area contributed by atoms with Crippen molar-refractivity contribution in [3.8, 4) is 11.1 Å². The van der Waals surface area contributed by atoms with Crippen molar-refractivity contribution in [3.05, 3.63) is 76.7 Å². The summed E-state index contributed by atoms with van der Waals surface area (Å²) in [5, 5.41) is 5.21. The van der Waals surface area contributed by atoms with E-state index in [1.807, 2.05) is 42.6 Å². The number of ether oxygens (including phenoxy) is 1. The van der Waals surface area contributed by atoms with E-state index in [0.717, 1.165) is 23.1 Å². The van der Waals surface area contributed by atoms with Gasteiger partial charge in [-0.15, -0.1) is 11.3 Å². The number of benzene rings is 2. The van der Waals surface area contributed by atoms with E-state index in [9.17, 15) is 14.4 Å². The third-order valence-corrected chi connectivity index (χ3v) is 6.86. The molecule has 0 bridgehead atoms. The lowest BCUT2D eigenvalue weighted by Gasteiger charge is -2.17. The van der Waals surface area contributed by atoms with Gasteiger partial charge in [0.2, 0.25) is 11.8 Å². The number of rotatable bonds is 8. The van der Waals surface area contributed by atoms with E-state index >= 15 is 0 Å². The maximum atomic E-state index is 13.1. The monoisotopic (exact) mass is 476 g/mol. The molecule has 3 aromatic rings. The van der Waals surface area contributed by atoms with Crippen LogP contribution < -0.4 is 5.32 Å². The van der Waals surface area contributed by atoms with Crippen molar-refractivity contribution in [1.82, 2.24) is 4.90 Å². The molecule has 2 aromatic carbocycles. The second kappa shape index (κ2) is 10.7. The van der Waals surface area contributed by atoms with E-state index in [4.69, 9.17) is 4.74 Å². The van der Waals surface area contributed by atoms with Gasteiger partial charge < -0.3 is 15.0 Å². The maximum absolute atomic E-state index is 13.1. The van der Waals surface area contributed by atoms with E-state index < -0.39 is 11.9 Å². The largest absolute Gasteiger partial charge is 0.462 e. The Hall–Kier alpha value is -3.45. The van der Waals surface area contributed by atoms with Crippen LogP contribution in [0.25, 0.3) is 11.1 Å². The van der Waals surface area contributed by atoms with E-state index in [0.29, 0.717) is 23.7 Å². The van der Waals surface area contributed by atoms with Crippen molar-refractivity contribution in [1.29, 1.82) is 0 Å². The summed E-state index contributed by atoms with van der Waals surface area (Å²) in [4.78, 5) is 40.1. The van der Waals surface area contributed by atoms with Gasteiger partial charge in [0.05, 0.1) is 12.5 Å². The van der Waals surface area contributed by atoms with Crippen molar-refractivity contribution in [2.45, 2.75) is 26.7 Å². The quantitative estimate of drug-likeness (QED) is 0.468. The zero-order chi connectivity index (χ0) is 24.1. The summed E-state index contributed by atoms with van der Waals surface area (Å²) in [5.41, 5.74) is 4.32. The summed E-state index contributed by atoms with van der Waals surface area (Å²) in [5.74, 6) is -1.20. The van der Waals surface area contributed by atoms with Crippen LogP contribution in [-0.4, -0.2) is 42.4 Å². The van der Waals surface area contributed by atoms with E-state index in [1.165, 1.54) is 16.9 Å².